The maximum Gasteiger partial charge on any atom is 0.331 e. The van der Waals surface area contributed by atoms with Crippen LogP contribution in [0.25, 0.3) is 0 Å². The van der Waals surface area contributed by atoms with Crippen LogP contribution in [0.15, 0.2) is 36.5 Å². The molecular weight excluding hydrogens is 318 g/mol. The summed E-state index contributed by atoms with van der Waals surface area (Å²) in [5.74, 6) is -3.74. The van der Waals surface area contributed by atoms with Gasteiger partial charge in [-0.05, 0) is 5.21 Å². The fraction of sp³-hybridized carbons (Fsp3) is 0.200. The normalized spacial score (nSPS) is 10.0. The standard InChI is InChI=1S/C15H15N3O6/c1-7(13(19)20)4-10-11(5-8(2)14(21)22)16-18-17-12(10)6-9(3)15(23)24/h1-6H2,(H,19,20)(H,21,22)(H,23,24). The third kappa shape index (κ3) is 4.83. The molecule has 0 aromatic carbocycles. The van der Waals surface area contributed by atoms with Crippen LogP contribution in [0.1, 0.15) is 17.0 Å². The number of aliphatic carboxylic acids is 3. The maximum absolute atomic E-state index is 11.0. The smallest absolute Gasteiger partial charge is 0.331 e. The first-order valence-electron chi connectivity index (χ1n) is 6.56. The second-order valence-electron chi connectivity index (χ2n) is 4.92. The molecule has 1 aromatic rings. The van der Waals surface area contributed by atoms with E-state index in [0.717, 1.165) is 0 Å². The van der Waals surface area contributed by atoms with E-state index in [9.17, 15) is 14.4 Å². The average Bonchev–Trinajstić information content (AvgIpc) is 2.49. The van der Waals surface area contributed by atoms with Gasteiger partial charge in [-0.2, -0.15) is 0 Å². The van der Waals surface area contributed by atoms with Gasteiger partial charge in [0.2, 0.25) is 0 Å². The first kappa shape index (κ1) is 18.7. The molecule has 0 spiro atoms. The Balaban J connectivity index is 3.31. The fourth-order valence-corrected chi connectivity index (χ4v) is 1.75. The van der Waals surface area contributed by atoms with Gasteiger partial charge in [0.05, 0.1) is 11.4 Å². The molecule has 0 bridgehead atoms. The van der Waals surface area contributed by atoms with Crippen LogP contribution in [0, 0.1) is 0 Å². The van der Waals surface area contributed by atoms with Crippen LogP contribution in [-0.2, 0) is 33.6 Å². The zero-order chi connectivity index (χ0) is 18.4. The summed E-state index contributed by atoms with van der Waals surface area (Å²) in [4.78, 5) is 32.9. The topological polar surface area (TPSA) is 151 Å². The van der Waals surface area contributed by atoms with Crippen molar-refractivity contribution < 1.29 is 29.7 Å². The van der Waals surface area contributed by atoms with Crippen LogP contribution in [0.2, 0.25) is 0 Å². The lowest BCUT2D eigenvalue weighted by molar-refractivity contribution is -0.133. The van der Waals surface area contributed by atoms with Gasteiger partial charge in [-0.15, -0.1) is 10.2 Å². The van der Waals surface area contributed by atoms with Gasteiger partial charge in [-0.25, -0.2) is 14.4 Å². The van der Waals surface area contributed by atoms with Crippen molar-refractivity contribution in [1.29, 1.82) is 0 Å². The summed E-state index contributed by atoms with van der Waals surface area (Å²) in [6.45, 7) is 10.2. The predicted octanol–water partition coefficient (Wildman–Crippen LogP) is 0.421. The van der Waals surface area contributed by atoms with Gasteiger partial charge in [0.15, 0.2) is 0 Å². The van der Waals surface area contributed by atoms with E-state index in [1.165, 1.54) is 0 Å². The second-order valence-corrected chi connectivity index (χ2v) is 4.92. The highest BCUT2D eigenvalue weighted by Crippen LogP contribution is 2.19. The van der Waals surface area contributed by atoms with Gasteiger partial charge in [0, 0.05) is 41.5 Å². The molecule has 24 heavy (non-hydrogen) atoms. The minimum atomic E-state index is -1.25. The lowest BCUT2D eigenvalue weighted by Crippen LogP contribution is -2.15. The summed E-state index contributed by atoms with van der Waals surface area (Å²) in [6, 6.07) is 0. The Morgan fingerprint density at radius 3 is 1.38 bits per heavy atom. The quantitative estimate of drug-likeness (QED) is 0.546. The van der Waals surface area contributed by atoms with Crippen molar-refractivity contribution in [2.45, 2.75) is 19.3 Å². The molecule has 0 aliphatic carbocycles. The van der Waals surface area contributed by atoms with Crippen molar-refractivity contribution >= 4 is 17.9 Å². The molecule has 0 atom stereocenters. The van der Waals surface area contributed by atoms with E-state index in [1.54, 1.807) is 0 Å². The Kier molecular flexibility index (Phi) is 6.05. The predicted molar refractivity (Wildman–Crippen MR) is 81.3 cm³/mol. The molecule has 0 unspecified atom stereocenters. The molecule has 0 aliphatic rings. The van der Waals surface area contributed by atoms with Crippen molar-refractivity contribution in [3.8, 4) is 0 Å². The number of rotatable bonds is 9. The van der Waals surface area contributed by atoms with Crippen LogP contribution < -0.4 is 0 Å². The Morgan fingerprint density at radius 1 is 0.708 bits per heavy atom. The molecule has 1 aromatic heterocycles. The number of hydrogen-bond donors (Lipinski definition) is 3. The van der Waals surface area contributed by atoms with Gasteiger partial charge in [-0.1, -0.05) is 19.7 Å². The maximum atomic E-state index is 11.0. The number of carbonyl (C=O) groups is 3. The number of nitrogens with zero attached hydrogens (tertiary/aromatic N) is 3. The van der Waals surface area contributed by atoms with Gasteiger partial charge >= 0.3 is 17.9 Å². The van der Waals surface area contributed by atoms with Crippen LogP contribution >= 0.6 is 0 Å². The molecule has 3 N–H and O–H groups in total. The number of aromatic nitrogens is 3. The first-order valence-corrected chi connectivity index (χ1v) is 6.56. The minimum absolute atomic E-state index is 0.146. The fourth-order valence-electron chi connectivity index (χ4n) is 1.75. The van der Waals surface area contributed by atoms with Crippen molar-refractivity contribution in [2.75, 3.05) is 0 Å². The van der Waals surface area contributed by atoms with Crippen molar-refractivity contribution in [1.82, 2.24) is 15.4 Å². The molecule has 1 rings (SSSR count). The number of carboxylic acids is 3. The van der Waals surface area contributed by atoms with Crippen molar-refractivity contribution in [2.24, 2.45) is 0 Å². The molecular formula is C15H15N3O6. The second kappa shape index (κ2) is 7.77. The van der Waals surface area contributed by atoms with Crippen molar-refractivity contribution in [3.05, 3.63) is 53.4 Å². The molecule has 0 aliphatic heterocycles. The van der Waals surface area contributed by atoms with Crippen molar-refractivity contribution in [3.63, 3.8) is 0 Å². The number of hydrogen-bond acceptors (Lipinski definition) is 6. The molecule has 0 saturated carbocycles. The lowest BCUT2D eigenvalue weighted by atomic mass is 9.96. The first-order chi connectivity index (χ1) is 11.1. The highest BCUT2D eigenvalue weighted by Gasteiger charge is 2.20. The third-order valence-electron chi connectivity index (χ3n) is 3.09. The van der Waals surface area contributed by atoms with E-state index in [-0.39, 0.29) is 52.9 Å². The van der Waals surface area contributed by atoms with E-state index in [0.29, 0.717) is 0 Å². The molecule has 9 nitrogen and oxygen atoms in total. The third-order valence-corrected chi connectivity index (χ3v) is 3.09. The zero-order valence-corrected chi connectivity index (χ0v) is 12.7. The van der Waals surface area contributed by atoms with Crippen LogP contribution in [0.4, 0.5) is 0 Å². The van der Waals surface area contributed by atoms with E-state index in [1.807, 2.05) is 0 Å². The van der Waals surface area contributed by atoms with Crippen LogP contribution in [-0.4, -0.2) is 48.6 Å². The van der Waals surface area contributed by atoms with E-state index >= 15 is 0 Å². The number of carboxylic acid groups (broad SMARTS) is 3. The molecule has 126 valence electrons. The van der Waals surface area contributed by atoms with Gasteiger partial charge in [0.1, 0.15) is 0 Å². The highest BCUT2D eigenvalue weighted by atomic mass is 16.4. The molecule has 0 amide bonds. The largest absolute Gasteiger partial charge is 0.478 e. The summed E-state index contributed by atoms with van der Waals surface area (Å²) in [5.41, 5.74) is -0.00116. The molecule has 0 fully saturated rings. The summed E-state index contributed by atoms with van der Waals surface area (Å²) in [5, 5.41) is 37.8. The summed E-state index contributed by atoms with van der Waals surface area (Å²) in [7, 11) is 0. The van der Waals surface area contributed by atoms with E-state index in [2.05, 4.69) is 35.1 Å². The van der Waals surface area contributed by atoms with Gasteiger partial charge in [0.25, 0.3) is 0 Å². The van der Waals surface area contributed by atoms with Crippen LogP contribution in [0.5, 0.6) is 0 Å². The summed E-state index contributed by atoms with van der Waals surface area (Å²) >= 11 is 0. The van der Waals surface area contributed by atoms with E-state index < -0.39 is 17.9 Å². The SMILES string of the molecule is C=C(Cc1nnnc(CC(=C)C(=O)O)c1CC(=C)C(=O)O)C(=O)O. The minimum Gasteiger partial charge on any atom is -0.478 e. The lowest BCUT2D eigenvalue weighted by Gasteiger charge is -2.12. The zero-order valence-electron chi connectivity index (χ0n) is 12.7. The Hall–Kier alpha value is -3.36. The Morgan fingerprint density at radius 2 is 1.04 bits per heavy atom. The average molecular weight is 333 g/mol. The van der Waals surface area contributed by atoms with Crippen LogP contribution in [0.3, 0.4) is 0 Å². The van der Waals surface area contributed by atoms with E-state index in [4.69, 9.17) is 15.3 Å². The Labute approximate surface area is 136 Å². The summed E-state index contributed by atoms with van der Waals surface area (Å²) in [6.07, 6.45) is -0.582. The summed E-state index contributed by atoms with van der Waals surface area (Å²) < 4.78 is 0. The van der Waals surface area contributed by atoms with Gasteiger partial charge < -0.3 is 15.3 Å². The monoisotopic (exact) mass is 333 g/mol. The van der Waals surface area contributed by atoms with Gasteiger partial charge in [-0.3, -0.25) is 0 Å². The Bertz CT molecular complexity index is 707. The molecule has 9 heteroatoms. The highest BCUT2D eigenvalue weighted by molar-refractivity contribution is 5.88. The molecule has 1 heterocycles. The molecule has 0 saturated heterocycles. The molecule has 0 radical (unpaired) electrons.